The van der Waals surface area contributed by atoms with Crippen LogP contribution < -0.4 is 4.57 Å². The monoisotopic (exact) mass is 588 g/mol. The van der Waals surface area contributed by atoms with Crippen LogP contribution in [0.5, 0.6) is 0 Å². The van der Waals surface area contributed by atoms with Crippen LogP contribution in [0, 0.1) is 0 Å². The van der Waals surface area contributed by atoms with Crippen LogP contribution in [0.2, 0.25) is 0 Å². The molecule has 2 heteroatoms. The van der Waals surface area contributed by atoms with E-state index < -0.39 is 0 Å². The Morgan fingerprint density at radius 3 is 1.14 bits per heavy atom. The van der Waals surface area contributed by atoms with Crippen LogP contribution in [-0.2, 0) is 19.5 Å². The van der Waals surface area contributed by atoms with Gasteiger partial charge in [-0.1, -0.05) is 188 Å². The lowest BCUT2D eigenvalue weighted by molar-refractivity contribution is -0.704. The van der Waals surface area contributed by atoms with Crippen molar-refractivity contribution in [2.24, 2.45) is 0 Å². The van der Waals surface area contributed by atoms with E-state index in [0.29, 0.717) is 0 Å². The van der Waals surface area contributed by atoms with Crippen molar-refractivity contribution in [1.82, 2.24) is 4.57 Å². The van der Waals surface area contributed by atoms with Crippen molar-refractivity contribution < 1.29 is 4.57 Å². The number of hydrogen-bond acceptors (Lipinski definition) is 0. The maximum atomic E-state index is 2.64. The van der Waals surface area contributed by atoms with Crippen molar-refractivity contribution in [2.75, 3.05) is 0 Å². The number of nitrogens with zero attached hydrogens (tertiary/aromatic N) is 2. The molecular formula is C40H79N2+. The highest BCUT2D eigenvalue weighted by Crippen LogP contribution is 2.15. The van der Waals surface area contributed by atoms with E-state index in [0.717, 1.165) is 0 Å². The van der Waals surface area contributed by atoms with E-state index in [-0.39, 0.29) is 0 Å². The van der Waals surface area contributed by atoms with Gasteiger partial charge in [-0.2, -0.15) is 0 Å². The summed E-state index contributed by atoms with van der Waals surface area (Å²) in [6.45, 7) is 9.40. The molecule has 0 spiro atoms. The highest BCUT2D eigenvalue weighted by Gasteiger charge is 2.16. The van der Waals surface area contributed by atoms with Crippen molar-refractivity contribution in [2.45, 2.75) is 239 Å². The molecule has 0 atom stereocenters. The number of rotatable bonds is 34. The number of hydrogen-bond donors (Lipinski definition) is 0. The summed E-state index contributed by atoms with van der Waals surface area (Å²) < 4.78 is 5.27. The first-order valence-corrected chi connectivity index (χ1v) is 19.9. The van der Waals surface area contributed by atoms with Crippen LogP contribution in [0.1, 0.15) is 226 Å². The summed E-state index contributed by atoms with van der Waals surface area (Å²) in [6, 6.07) is 0. The van der Waals surface area contributed by atoms with Gasteiger partial charge in [0.2, 0.25) is 0 Å². The van der Waals surface area contributed by atoms with Crippen LogP contribution in [0.3, 0.4) is 0 Å². The standard InChI is InChI=1S/C40H79N2/c1-4-7-10-13-16-19-20-21-22-25-28-31-34-37-42-39-38-41(36-33-30-27-24-18-15-12-9-6-3)40(42)35-32-29-26-23-17-14-11-8-5-2/h38-39H,4-37H2,1-3H3/q+1. The summed E-state index contributed by atoms with van der Waals surface area (Å²) in [4.78, 5) is 0. The molecule has 2 nitrogen and oxygen atoms in total. The van der Waals surface area contributed by atoms with Gasteiger partial charge in [0.1, 0.15) is 12.4 Å². The topological polar surface area (TPSA) is 8.81 Å². The van der Waals surface area contributed by atoms with Gasteiger partial charge in [0.05, 0.1) is 13.1 Å². The second-order valence-corrected chi connectivity index (χ2v) is 13.8. The van der Waals surface area contributed by atoms with E-state index >= 15 is 0 Å². The average molecular weight is 588 g/mol. The van der Waals surface area contributed by atoms with Gasteiger partial charge in [0.15, 0.2) is 0 Å². The smallest absolute Gasteiger partial charge is 0.234 e. The molecule has 42 heavy (non-hydrogen) atoms. The van der Waals surface area contributed by atoms with Crippen molar-refractivity contribution in [3.8, 4) is 0 Å². The predicted molar refractivity (Wildman–Crippen MR) is 188 cm³/mol. The predicted octanol–water partition coefficient (Wildman–Crippen LogP) is 13.5. The van der Waals surface area contributed by atoms with Gasteiger partial charge >= 0.3 is 0 Å². The number of imidazole rings is 1. The molecule has 0 fully saturated rings. The molecular weight excluding hydrogens is 508 g/mol. The van der Waals surface area contributed by atoms with Crippen LogP contribution in [0.15, 0.2) is 12.4 Å². The molecule has 0 aliphatic carbocycles. The van der Waals surface area contributed by atoms with Gasteiger partial charge in [-0.3, -0.25) is 0 Å². The second-order valence-electron chi connectivity index (χ2n) is 13.8. The fourth-order valence-corrected chi connectivity index (χ4v) is 6.68. The number of unbranched alkanes of at least 4 members (excludes halogenated alkanes) is 28. The van der Waals surface area contributed by atoms with Crippen LogP contribution in [-0.4, -0.2) is 4.57 Å². The Labute approximate surface area is 266 Å². The first-order chi connectivity index (χ1) is 20.8. The lowest BCUT2D eigenvalue weighted by Crippen LogP contribution is -2.37. The number of aryl methyl sites for hydroxylation is 2. The van der Waals surface area contributed by atoms with Crippen molar-refractivity contribution in [1.29, 1.82) is 0 Å². The molecule has 0 N–H and O–H groups in total. The molecule has 0 aliphatic heterocycles. The van der Waals surface area contributed by atoms with E-state index in [4.69, 9.17) is 0 Å². The van der Waals surface area contributed by atoms with Gasteiger partial charge in [0.25, 0.3) is 5.82 Å². The minimum Gasteiger partial charge on any atom is -0.234 e. The summed E-state index contributed by atoms with van der Waals surface area (Å²) in [5.74, 6) is 1.62. The Bertz CT molecular complexity index is 648. The van der Waals surface area contributed by atoms with Gasteiger partial charge in [-0.15, -0.1) is 0 Å². The lowest BCUT2D eigenvalue weighted by atomic mass is 10.0. The van der Waals surface area contributed by atoms with E-state index in [1.165, 1.54) is 219 Å². The second kappa shape index (κ2) is 31.6. The van der Waals surface area contributed by atoms with E-state index in [9.17, 15) is 0 Å². The molecule has 0 unspecified atom stereocenters. The van der Waals surface area contributed by atoms with Gasteiger partial charge in [-0.05, 0) is 32.1 Å². The van der Waals surface area contributed by atoms with Crippen LogP contribution in [0.25, 0.3) is 0 Å². The van der Waals surface area contributed by atoms with E-state index in [1.807, 2.05) is 0 Å². The van der Waals surface area contributed by atoms with Crippen LogP contribution >= 0.6 is 0 Å². The summed E-state index contributed by atoms with van der Waals surface area (Å²) in [7, 11) is 0. The summed E-state index contributed by atoms with van der Waals surface area (Å²) in [6.07, 6.45) is 50.4. The molecule has 248 valence electrons. The Morgan fingerprint density at radius 1 is 0.405 bits per heavy atom. The van der Waals surface area contributed by atoms with Gasteiger partial charge in [-0.25, -0.2) is 9.13 Å². The van der Waals surface area contributed by atoms with Crippen molar-refractivity contribution in [3.63, 3.8) is 0 Å². The third-order valence-electron chi connectivity index (χ3n) is 9.60. The van der Waals surface area contributed by atoms with Crippen LogP contribution in [0.4, 0.5) is 0 Å². The minimum absolute atomic E-state index is 1.23. The molecule has 0 amide bonds. The lowest BCUT2D eigenvalue weighted by Gasteiger charge is -2.07. The maximum Gasteiger partial charge on any atom is 0.256 e. The summed E-state index contributed by atoms with van der Waals surface area (Å²) >= 11 is 0. The first kappa shape index (κ1) is 39.2. The summed E-state index contributed by atoms with van der Waals surface area (Å²) in [5, 5.41) is 0. The molecule has 1 aromatic heterocycles. The largest absolute Gasteiger partial charge is 0.256 e. The van der Waals surface area contributed by atoms with Crippen molar-refractivity contribution >= 4 is 0 Å². The molecule has 0 saturated carbocycles. The number of aromatic nitrogens is 2. The molecule has 0 saturated heterocycles. The fraction of sp³-hybridized carbons (Fsp3) is 0.925. The Hall–Kier alpha value is -0.790. The minimum atomic E-state index is 1.23. The molecule has 1 rings (SSSR count). The first-order valence-electron chi connectivity index (χ1n) is 19.9. The summed E-state index contributed by atoms with van der Waals surface area (Å²) in [5.41, 5.74) is 0. The molecule has 0 bridgehead atoms. The van der Waals surface area contributed by atoms with E-state index in [1.54, 1.807) is 5.82 Å². The third-order valence-corrected chi connectivity index (χ3v) is 9.60. The average Bonchev–Trinajstić information content (AvgIpc) is 3.38. The Kier molecular flexibility index (Phi) is 29.5. The zero-order valence-corrected chi connectivity index (χ0v) is 29.6. The molecule has 1 heterocycles. The van der Waals surface area contributed by atoms with Gasteiger partial charge < -0.3 is 0 Å². The van der Waals surface area contributed by atoms with Gasteiger partial charge in [0, 0.05) is 6.42 Å². The quantitative estimate of drug-likeness (QED) is 0.0560. The maximum absolute atomic E-state index is 2.64. The third kappa shape index (κ3) is 23.6. The highest BCUT2D eigenvalue weighted by molar-refractivity contribution is 4.84. The van der Waals surface area contributed by atoms with E-state index in [2.05, 4.69) is 42.3 Å². The highest BCUT2D eigenvalue weighted by atomic mass is 15.1. The fourth-order valence-electron chi connectivity index (χ4n) is 6.68. The molecule has 0 aromatic carbocycles. The zero-order chi connectivity index (χ0) is 30.2. The zero-order valence-electron chi connectivity index (χ0n) is 29.6. The molecule has 0 aliphatic rings. The Morgan fingerprint density at radius 2 is 0.738 bits per heavy atom. The normalized spacial score (nSPS) is 11.6. The molecule has 0 radical (unpaired) electrons. The molecule has 1 aromatic rings. The van der Waals surface area contributed by atoms with Crippen molar-refractivity contribution in [3.05, 3.63) is 18.2 Å². The SMILES string of the molecule is CCCCCCCCCCCCCCC[n+]1ccn(CCCCCCCCCCC)c1CCCCCCCCCCC. The Balaban J connectivity index is 2.29.